The number of rotatable bonds is 5. The molecule has 0 spiro atoms. The van der Waals surface area contributed by atoms with Gasteiger partial charge < -0.3 is 9.88 Å². The normalized spacial score (nSPS) is 10.7. The molecular weight excluding hydrogens is 270 g/mol. The van der Waals surface area contributed by atoms with Gasteiger partial charge in [0.2, 0.25) is 5.13 Å². The van der Waals surface area contributed by atoms with Gasteiger partial charge in [-0.05, 0) is 6.92 Å². The van der Waals surface area contributed by atoms with Gasteiger partial charge in [-0.1, -0.05) is 41.7 Å². The fourth-order valence-electron chi connectivity index (χ4n) is 1.97. The van der Waals surface area contributed by atoms with Gasteiger partial charge >= 0.3 is 0 Å². The van der Waals surface area contributed by atoms with Gasteiger partial charge in [0.05, 0.1) is 6.54 Å². The van der Waals surface area contributed by atoms with Crippen LogP contribution in [0.15, 0.2) is 42.7 Å². The largest absolute Gasteiger partial charge is 0.360 e. The van der Waals surface area contributed by atoms with E-state index in [-0.39, 0.29) is 0 Å². The average Bonchev–Trinajstić information content (AvgIpc) is 3.10. The molecule has 2 aromatic heterocycles. The third-order valence-electron chi connectivity index (χ3n) is 2.85. The fourth-order valence-corrected chi connectivity index (χ4v) is 2.78. The molecule has 0 fully saturated rings. The van der Waals surface area contributed by atoms with Gasteiger partial charge in [-0.3, -0.25) is 0 Å². The molecule has 6 heteroatoms. The highest BCUT2D eigenvalue weighted by Gasteiger charge is 2.09. The van der Waals surface area contributed by atoms with E-state index in [1.54, 1.807) is 11.3 Å². The molecule has 0 saturated carbocycles. The first-order valence-electron chi connectivity index (χ1n) is 6.49. The molecule has 0 aliphatic rings. The summed E-state index contributed by atoms with van der Waals surface area (Å²) in [5.41, 5.74) is 1.11. The Morgan fingerprint density at radius 1 is 1.20 bits per heavy atom. The minimum Gasteiger partial charge on any atom is -0.360 e. The molecule has 0 saturated heterocycles. The van der Waals surface area contributed by atoms with Crippen molar-refractivity contribution in [1.82, 2.24) is 19.7 Å². The zero-order valence-electron chi connectivity index (χ0n) is 11.2. The lowest BCUT2D eigenvalue weighted by molar-refractivity contribution is 0.785. The predicted molar refractivity (Wildman–Crippen MR) is 80.8 cm³/mol. The van der Waals surface area contributed by atoms with Gasteiger partial charge in [0, 0.05) is 24.5 Å². The lowest BCUT2D eigenvalue weighted by Gasteiger charge is -2.05. The number of hydrogen-bond acceptors (Lipinski definition) is 5. The number of nitrogens with zero attached hydrogens (tertiary/aromatic N) is 4. The number of nitrogens with one attached hydrogen (secondary N) is 1. The van der Waals surface area contributed by atoms with Crippen LogP contribution in [0.2, 0.25) is 0 Å². The summed E-state index contributed by atoms with van der Waals surface area (Å²) in [6.07, 6.45) is 3.78. The SMILES string of the molecule is CCNc1nnc(Cn2ccnc2-c2ccccc2)s1. The Bertz CT molecular complexity index is 674. The molecular formula is C14H15N5S. The van der Waals surface area contributed by atoms with Crippen LogP contribution >= 0.6 is 11.3 Å². The summed E-state index contributed by atoms with van der Waals surface area (Å²) in [5.74, 6) is 0.950. The van der Waals surface area contributed by atoms with E-state index < -0.39 is 0 Å². The first-order chi connectivity index (χ1) is 9.86. The maximum atomic E-state index is 4.43. The maximum Gasteiger partial charge on any atom is 0.205 e. The Morgan fingerprint density at radius 3 is 2.85 bits per heavy atom. The standard InChI is InChI=1S/C14H15N5S/c1-2-15-14-18-17-12(20-14)10-19-9-8-16-13(19)11-6-4-3-5-7-11/h3-9H,2,10H2,1H3,(H,15,18). The number of hydrogen-bond donors (Lipinski definition) is 1. The summed E-state index contributed by atoms with van der Waals surface area (Å²) >= 11 is 1.58. The highest BCUT2D eigenvalue weighted by molar-refractivity contribution is 7.15. The second-order valence-electron chi connectivity index (χ2n) is 4.28. The van der Waals surface area contributed by atoms with E-state index in [1.165, 1.54) is 0 Å². The summed E-state index contributed by atoms with van der Waals surface area (Å²) in [7, 11) is 0. The van der Waals surface area contributed by atoms with Crippen molar-refractivity contribution in [3.63, 3.8) is 0 Å². The second kappa shape index (κ2) is 5.83. The van der Waals surface area contributed by atoms with E-state index >= 15 is 0 Å². The van der Waals surface area contributed by atoms with Crippen LogP contribution in [-0.4, -0.2) is 26.3 Å². The summed E-state index contributed by atoms with van der Waals surface area (Å²) in [6.45, 7) is 3.59. The molecule has 3 aromatic rings. The Labute approximate surface area is 121 Å². The molecule has 0 aliphatic heterocycles. The van der Waals surface area contributed by atoms with Gasteiger partial charge in [0.1, 0.15) is 10.8 Å². The smallest absolute Gasteiger partial charge is 0.205 e. The van der Waals surface area contributed by atoms with Crippen LogP contribution < -0.4 is 5.32 Å². The molecule has 2 heterocycles. The third kappa shape index (κ3) is 2.70. The van der Waals surface area contributed by atoms with Crippen LogP contribution in [0.4, 0.5) is 5.13 Å². The first-order valence-corrected chi connectivity index (χ1v) is 7.31. The summed E-state index contributed by atoms with van der Waals surface area (Å²) in [4.78, 5) is 4.43. The zero-order valence-corrected chi connectivity index (χ0v) is 12.0. The van der Waals surface area contributed by atoms with Crippen molar-refractivity contribution in [2.75, 3.05) is 11.9 Å². The van der Waals surface area contributed by atoms with Crippen molar-refractivity contribution in [3.8, 4) is 11.4 Å². The molecule has 0 aliphatic carbocycles. The maximum absolute atomic E-state index is 4.43. The van der Waals surface area contributed by atoms with Crippen molar-refractivity contribution in [2.45, 2.75) is 13.5 Å². The molecule has 0 unspecified atom stereocenters. The van der Waals surface area contributed by atoms with E-state index in [1.807, 2.05) is 37.5 Å². The van der Waals surface area contributed by atoms with E-state index in [4.69, 9.17) is 0 Å². The fraction of sp³-hybridized carbons (Fsp3) is 0.214. The molecule has 5 nitrogen and oxygen atoms in total. The molecule has 3 rings (SSSR count). The average molecular weight is 285 g/mol. The Balaban J connectivity index is 1.83. The lowest BCUT2D eigenvalue weighted by atomic mass is 10.2. The van der Waals surface area contributed by atoms with E-state index in [2.05, 4.69) is 37.2 Å². The second-order valence-corrected chi connectivity index (χ2v) is 5.34. The van der Waals surface area contributed by atoms with Gasteiger partial charge in [0.25, 0.3) is 0 Å². The molecule has 1 N–H and O–H groups in total. The van der Waals surface area contributed by atoms with E-state index in [0.29, 0.717) is 6.54 Å². The van der Waals surface area contributed by atoms with Gasteiger partial charge in [0.15, 0.2) is 0 Å². The van der Waals surface area contributed by atoms with Gasteiger partial charge in [-0.15, -0.1) is 10.2 Å². The molecule has 20 heavy (non-hydrogen) atoms. The zero-order chi connectivity index (χ0) is 13.8. The van der Waals surface area contributed by atoms with Crippen LogP contribution in [-0.2, 0) is 6.54 Å². The first kappa shape index (κ1) is 12.8. The Morgan fingerprint density at radius 2 is 2.05 bits per heavy atom. The Kier molecular flexibility index (Phi) is 3.73. The monoisotopic (exact) mass is 285 g/mol. The molecule has 102 valence electrons. The predicted octanol–water partition coefficient (Wildman–Crippen LogP) is 2.88. The van der Waals surface area contributed by atoms with Gasteiger partial charge in [-0.2, -0.15) is 0 Å². The number of benzene rings is 1. The highest BCUT2D eigenvalue weighted by Crippen LogP contribution is 2.20. The number of anilines is 1. The molecule has 1 aromatic carbocycles. The van der Waals surface area contributed by atoms with Gasteiger partial charge in [-0.25, -0.2) is 4.98 Å². The Hall–Kier alpha value is -2.21. The van der Waals surface area contributed by atoms with Crippen LogP contribution in [0.3, 0.4) is 0 Å². The third-order valence-corrected chi connectivity index (χ3v) is 3.71. The van der Waals surface area contributed by atoms with E-state index in [9.17, 15) is 0 Å². The van der Waals surface area contributed by atoms with Crippen LogP contribution in [0.5, 0.6) is 0 Å². The van der Waals surface area contributed by atoms with E-state index in [0.717, 1.165) is 28.1 Å². The van der Waals surface area contributed by atoms with Crippen molar-refractivity contribution >= 4 is 16.5 Å². The van der Waals surface area contributed by atoms with Crippen LogP contribution in [0.1, 0.15) is 11.9 Å². The molecule has 0 radical (unpaired) electrons. The molecule has 0 atom stereocenters. The minimum atomic E-state index is 0.688. The van der Waals surface area contributed by atoms with Crippen LogP contribution in [0, 0.1) is 0 Å². The number of aromatic nitrogens is 4. The lowest BCUT2D eigenvalue weighted by Crippen LogP contribution is -2.00. The summed E-state index contributed by atoms with van der Waals surface area (Å²) < 4.78 is 2.09. The van der Waals surface area contributed by atoms with Crippen molar-refractivity contribution in [3.05, 3.63) is 47.7 Å². The van der Waals surface area contributed by atoms with Crippen LogP contribution in [0.25, 0.3) is 11.4 Å². The quantitative estimate of drug-likeness (QED) is 0.783. The van der Waals surface area contributed by atoms with Crippen molar-refractivity contribution in [2.24, 2.45) is 0 Å². The van der Waals surface area contributed by atoms with Crippen molar-refractivity contribution < 1.29 is 0 Å². The summed E-state index contributed by atoms with van der Waals surface area (Å²) in [6, 6.07) is 10.2. The molecule has 0 bridgehead atoms. The number of imidazole rings is 1. The van der Waals surface area contributed by atoms with Crippen molar-refractivity contribution in [1.29, 1.82) is 0 Å². The highest BCUT2D eigenvalue weighted by atomic mass is 32.1. The minimum absolute atomic E-state index is 0.688. The topological polar surface area (TPSA) is 55.6 Å². The molecule has 0 amide bonds. The summed E-state index contributed by atoms with van der Waals surface area (Å²) in [5, 5.41) is 13.3.